The van der Waals surface area contributed by atoms with Crippen molar-refractivity contribution in [3.8, 4) is 33.6 Å². The molecule has 0 saturated carbocycles. The van der Waals surface area contributed by atoms with Gasteiger partial charge in [-0.15, -0.1) is 0 Å². The Bertz CT molecular complexity index is 2790. The second-order valence-electron chi connectivity index (χ2n) is 12.5. The summed E-state index contributed by atoms with van der Waals surface area (Å²) < 4.78 is 4.92. The molecule has 48 heavy (non-hydrogen) atoms. The fraction of sp³-hybridized carbons (Fsp3) is 0. The third-order valence-corrected chi connectivity index (χ3v) is 9.93. The molecule has 0 radical (unpaired) electrons. The van der Waals surface area contributed by atoms with Crippen molar-refractivity contribution < 1.29 is 0 Å². The molecule has 0 amide bonds. The number of hydrogen-bond donors (Lipinski definition) is 0. The largest absolute Gasteiger partial charge is 0.309 e. The van der Waals surface area contributed by atoms with Gasteiger partial charge in [0.05, 0.1) is 27.8 Å². The predicted octanol–water partition coefficient (Wildman–Crippen LogP) is 12.4. The van der Waals surface area contributed by atoms with Gasteiger partial charge in [-0.25, -0.2) is 0 Å². The maximum absolute atomic E-state index is 2.47. The summed E-state index contributed by atoms with van der Waals surface area (Å²) in [5, 5.41) is 7.54. The van der Waals surface area contributed by atoms with Gasteiger partial charge in [-0.2, -0.15) is 0 Å². The first-order chi connectivity index (χ1) is 23.8. The molecule has 0 saturated heterocycles. The van der Waals surface area contributed by atoms with Crippen LogP contribution in [-0.4, -0.2) is 9.13 Å². The van der Waals surface area contributed by atoms with E-state index in [1.165, 1.54) is 82.3 Å². The summed E-state index contributed by atoms with van der Waals surface area (Å²) in [5.41, 5.74) is 12.1. The summed E-state index contributed by atoms with van der Waals surface area (Å²) in [6.45, 7) is 0. The molecule has 0 bridgehead atoms. The van der Waals surface area contributed by atoms with Crippen LogP contribution in [-0.2, 0) is 0 Å². The Morgan fingerprint density at radius 2 is 0.833 bits per heavy atom. The molecule has 0 atom stereocenters. The van der Waals surface area contributed by atoms with Crippen LogP contribution in [0.5, 0.6) is 0 Å². The molecule has 2 aromatic heterocycles. The van der Waals surface area contributed by atoms with Gasteiger partial charge in [-0.1, -0.05) is 146 Å². The number of para-hydroxylation sites is 2. The van der Waals surface area contributed by atoms with Gasteiger partial charge >= 0.3 is 0 Å². The van der Waals surface area contributed by atoms with E-state index in [9.17, 15) is 0 Å². The zero-order valence-electron chi connectivity index (χ0n) is 26.2. The Morgan fingerprint density at radius 1 is 0.292 bits per heavy atom. The van der Waals surface area contributed by atoms with E-state index in [0.29, 0.717) is 0 Å². The summed E-state index contributed by atoms with van der Waals surface area (Å²) >= 11 is 0. The molecule has 0 N–H and O–H groups in total. The van der Waals surface area contributed by atoms with Crippen molar-refractivity contribution in [3.63, 3.8) is 0 Å². The van der Waals surface area contributed by atoms with E-state index < -0.39 is 0 Å². The zero-order chi connectivity index (χ0) is 31.6. The molecule has 0 fully saturated rings. The Labute approximate surface area is 278 Å². The van der Waals surface area contributed by atoms with Gasteiger partial charge in [0.1, 0.15) is 0 Å². The van der Waals surface area contributed by atoms with Crippen molar-refractivity contribution in [1.82, 2.24) is 9.13 Å². The molecule has 0 aliphatic heterocycles. The lowest BCUT2D eigenvalue weighted by Gasteiger charge is -2.12. The highest BCUT2D eigenvalue weighted by Crippen LogP contribution is 2.42. The maximum Gasteiger partial charge on any atom is 0.0641 e. The van der Waals surface area contributed by atoms with Gasteiger partial charge in [0.15, 0.2) is 0 Å². The predicted molar refractivity (Wildman–Crippen MR) is 203 cm³/mol. The molecule has 0 aliphatic rings. The second kappa shape index (κ2) is 10.6. The van der Waals surface area contributed by atoms with Gasteiger partial charge in [0.25, 0.3) is 0 Å². The number of fused-ring (bicyclic) bond motifs is 8. The quantitative estimate of drug-likeness (QED) is 0.188. The van der Waals surface area contributed by atoms with Gasteiger partial charge in [-0.05, 0) is 64.0 Å². The first-order valence-corrected chi connectivity index (χ1v) is 16.5. The lowest BCUT2D eigenvalue weighted by molar-refractivity contribution is 1.18. The van der Waals surface area contributed by atoms with Crippen LogP contribution >= 0.6 is 0 Å². The van der Waals surface area contributed by atoms with Gasteiger partial charge < -0.3 is 9.13 Å². The fourth-order valence-corrected chi connectivity index (χ4v) is 7.73. The fourth-order valence-electron chi connectivity index (χ4n) is 7.73. The normalized spacial score (nSPS) is 11.8. The maximum atomic E-state index is 2.47. The third kappa shape index (κ3) is 4.00. The number of aromatic nitrogens is 2. The van der Waals surface area contributed by atoms with Gasteiger partial charge in [-0.3, -0.25) is 0 Å². The van der Waals surface area contributed by atoms with Crippen LogP contribution in [0.4, 0.5) is 0 Å². The summed E-state index contributed by atoms with van der Waals surface area (Å²) in [6.07, 6.45) is 0. The van der Waals surface area contributed by atoms with Crippen molar-refractivity contribution >= 4 is 54.4 Å². The standard InChI is InChI=1S/C46H30N2/c1-2-11-31(12-3-1)32-21-23-33(24-22-32)34-25-27-36(28-26-34)47-42-18-8-6-16-38(42)39-29-30-44-45(46(39)47)40-17-7-9-19-43(40)48(44)41-20-10-14-35-13-4-5-15-37(35)41/h1-30H. The van der Waals surface area contributed by atoms with Crippen LogP contribution in [0.3, 0.4) is 0 Å². The lowest BCUT2D eigenvalue weighted by Crippen LogP contribution is -1.96. The Balaban J connectivity index is 1.20. The number of benzene rings is 8. The molecule has 224 valence electrons. The van der Waals surface area contributed by atoms with Crippen molar-refractivity contribution in [2.24, 2.45) is 0 Å². The highest BCUT2D eigenvalue weighted by atomic mass is 15.0. The monoisotopic (exact) mass is 610 g/mol. The van der Waals surface area contributed by atoms with E-state index in [4.69, 9.17) is 0 Å². The van der Waals surface area contributed by atoms with E-state index in [-0.39, 0.29) is 0 Å². The van der Waals surface area contributed by atoms with Crippen LogP contribution in [0.25, 0.3) is 88.0 Å². The third-order valence-electron chi connectivity index (χ3n) is 9.93. The van der Waals surface area contributed by atoms with Crippen LogP contribution in [0.1, 0.15) is 0 Å². The lowest BCUT2D eigenvalue weighted by atomic mass is 10.0. The summed E-state index contributed by atoms with van der Waals surface area (Å²) in [7, 11) is 0. The van der Waals surface area contributed by atoms with Crippen LogP contribution in [0.15, 0.2) is 182 Å². The van der Waals surface area contributed by atoms with E-state index in [1.54, 1.807) is 0 Å². The number of rotatable bonds is 4. The molecule has 2 nitrogen and oxygen atoms in total. The minimum atomic E-state index is 1.15. The molecule has 8 aromatic carbocycles. The Kier molecular flexibility index (Phi) is 5.91. The minimum absolute atomic E-state index is 1.15. The molecular weight excluding hydrogens is 581 g/mol. The van der Waals surface area contributed by atoms with Crippen molar-refractivity contribution in [2.75, 3.05) is 0 Å². The zero-order valence-corrected chi connectivity index (χ0v) is 26.2. The van der Waals surface area contributed by atoms with Crippen molar-refractivity contribution in [2.45, 2.75) is 0 Å². The summed E-state index contributed by atoms with van der Waals surface area (Å²) in [5.74, 6) is 0. The van der Waals surface area contributed by atoms with Gasteiger partial charge in [0, 0.05) is 32.6 Å². The first-order valence-electron chi connectivity index (χ1n) is 16.5. The summed E-state index contributed by atoms with van der Waals surface area (Å²) in [6, 6.07) is 66.1. The molecule has 0 spiro atoms. The van der Waals surface area contributed by atoms with Gasteiger partial charge in [0.2, 0.25) is 0 Å². The number of hydrogen-bond acceptors (Lipinski definition) is 0. The van der Waals surface area contributed by atoms with Crippen LogP contribution < -0.4 is 0 Å². The average molecular weight is 611 g/mol. The van der Waals surface area contributed by atoms with E-state index in [1.807, 2.05) is 0 Å². The van der Waals surface area contributed by atoms with Crippen LogP contribution in [0, 0.1) is 0 Å². The highest BCUT2D eigenvalue weighted by molar-refractivity contribution is 6.26. The smallest absolute Gasteiger partial charge is 0.0641 e. The summed E-state index contributed by atoms with van der Waals surface area (Å²) in [4.78, 5) is 0. The molecule has 10 aromatic rings. The molecule has 2 heterocycles. The van der Waals surface area contributed by atoms with Crippen LogP contribution in [0.2, 0.25) is 0 Å². The minimum Gasteiger partial charge on any atom is -0.309 e. The first kappa shape index (κ1) is 26.8. The van der Waals surface area contributed by atoms with Crippen molar-refractivity contribution in [1.29, 1.82) is 0 Å². The molecule has 0 aliphatic carbocycles. The Morgan fingerprint density at radius 3 is 1.56 bits per heavy atom. The molecule has 2 heteroatoms. The molecular formula is C46H30N2. The van der Waals surface area contributed by atoms with E-state index in [0.717, 1.165) is 5.69 Å². The van der Waals surface area contributed by atoms with E-state index in [2.05, 4.69) is 191 Å². The Hall–Kier alpha value is -6.38. The topological polar surface area (TPSA) is 9.86 Å². The average Bonchev–Trinajstić information content (AvgIpc) is 3.68. The number of nitrogens with zero attached hydrogens (tertiary/aromatic N) is 2. The molecule has 10 rings (SSSR count). The van der Waals surface area contributed by atoms with E-state index >= 15 is 0 Å². The SMILES string of the molecule is c1ccc(-c2ccc(-c3ccc(-n4c5ccccc5c5ccc6c(c7ccccc7n6-c6cccc7ccccc67)c54)cc3)cc2)cc1. The molecule has 0 unspecified atom stereocenters. The second-order valence-corrected chi connectivity index (χ2v) is 12.5. The van der Waals surface area contributed by atoms with Crippen molar-refractivity contribution in [3.05, 3.63) is 182 Å². The highest BCUT2D eigenvalue weighted by Gasteiger charge is 2.21.